The molecule has 0 spiro atoms. The van der Waals surface area contributed by atoms with Crippen LogP contribution in [0.3, 0.4) is 0 Å². The topological polar surface area (TPSA) is 3.24 Å². The molecule has 1 heterocycles. The SMILES string of the molecule is Cc1cccc(CC2CCCN2C)c1. The fourth-order valence-electron chi connectivity index (χ4n) is 2.35. The number of likely N-dealkylation sites (tertiary alicyclic amines) is 1. The highest BCUT2D eigenvalue weighted by atomic mass is 15.1. The van der Waals surface area contributed by atoms with Crippen LogP contribution in [0.2, 0.25) is 0 Å². The van der Waals surface area contributed by atoms with E-state index in [1.54, 1.807) is 0 Å². The quantitative estimate of drug-likeness (QED) is 0.691. The highest BCUT2D eigenvalue weighted by Crippen LogP contribution is 2.19. The van der Waals surface area contributed by atoms with Gasteiger partial charge in [-0.15, -0.1) is 0 Å². The highest BCUT2D eigenvalue weighted by molar-refractivity contribution is 5.23. The number of nitrogens with zero attached hydrogens (tertiary/aromatic N) is 1. The molecule has 0 aliphatic carbocycles. The summed E-state index contributed by atoms with van der Waals surface area (Å²) in [5, 5.41) is 0. The second-order valence-electron chi connectivity index (χ2n) is 4.47. The molecule has 0 radical (unpaired) electrons. The summed E-state index contributed by atoms with van der Waals surface area (Å²) >= 11 is 0. The zero-order valence-corrected chi connectivity index (χ0v) is 9.16. The second-order valence-corrected chi connectivity index (χ2v) is 4.47. The monoisotopic (exact) mass is 189 g/mol. The Kier molecular flexibility index (Phi) is 2.87. The van der Waals surface area contributed by atoms with Crippen LogP contribution in [0.5, 0.6) is 0 Å². The van der Waals surface area contributed by atoms with Gasteiger partial charge in [-0.1, -0.05) is 29.8 Å². The molecule has 0 saturated carbocycles. The molecular weight excluding hydrogens is 170 g/mol. The van der Waals surface area contributed by atoms with E-state index in [-0.39, 0.29) is 0 Å². The average Bonchev–Trinajstić information content (AvgIpc) is 2.52. The van der Waals surface area contributed by atoms with Gasteiger partial charge in [0, 0.05) is 6.04 Å². The predicted octanol–water partition coefficient (Wildman–Crippen LogP) is 2.63. The fourth-order valence-corrected chi connectivity index (χ4v) is 2.35. The first-order valence-electron chi connectivity index (χ1n) is 5.51. The number of hydrogen-bond acceptors (Lipinski definition) is 1. The Bertz CT molecular complexity index is 306. The van der Waals surface area contributed by atoms with Gasteiger partial charge >= 0.3 is 0 Å². The summed E-state index contributed by atoms with van der Waals surface area (Å²) in [6.07, 6.45) is 3.95. The Morgan fingerprint density at radius 1 is 1.43 bits per heavy atom. The molecule has 1 aliphatic rings. The molecule has 1 nitrogen and oxygen atoms in total. The molecule has 1 saturated heterocycles. The number of benzene rings is 1. The summed E-state index contributed by atoms with van der Waals surface area (Å²) in [4.78, 5) is 2.49. The second kappa shape index (κ2) is 4.14. The number of likely N-dealkylation sites (N-methyl/N-ethyl adjacent to an activating group) is 1. The van der Waals surface area contributed by atoms with Crippen molar-refractivity contribution in [2.45, 2.75) is 32.2 Å². The molecule has 14 heavy (non-hydrogen) atoms. The van der Waals surface area contributed by atoms with E-state index in [2.05, 4.69) is 43.1 Å². The van der Waals surface area contributed by atoms with Crippen LogP contribution in [0.15, 0.2) is 24.3 Å². The zero-order valence-electron chi connectivity index (χ0n) is 9.16. The molecule has 76 valence electrons. The van der Waals surface area contributed by atoms with Gasteiger partial charge in [0.05, 0.1) is 0 Å². The molecule has 1 aliphatic heterocycles. The number of hydrogen-bond donors (Lipinski definition) is 0. The van der Waals surface area contributed by atoms with Gasteiger partial charge in [-0.05, 0) is 45.3 Å². The third-order valence-electron chi connectivity index (χ3n) is 3.23. The largest absolute Gasteiger partial charge is 0.303 e. The van der Waals surface area contributed by atoms with E-state index in [1.165, 1.54) is 36.9 Å². The van der Waals surface area contributed by atoms with E-state index in [0.717, 1.165) is 6.04 Å². The molecule has 0 amide bonds. The first-order chi connectivity index (χ1) is 6.75. The number of rotatable bonds is 2. The van der Waals surface area contributed by atoms with Gasteiger partial charge in [-0.2, -0.15) is 0 Å². The van der Waals surface area contributed by atoms with Gasteiger partial charge in [0.2, 0.25) is 0 Å². The Morgan fingerprint density at radius 3 is 2.93 bits per heavy atom. The van der Waals surface area contributed by atoms with Gasteiger partial charge in [0.25, 0.3) is 0 Å². The third-order valence-corrected chi connectivity index (χ3v) is 3.23. The summed E-state index contributed by atoms with van der Waals surface area (Å²) in [6.45, 7) is 3.44. The molecule has 1 aromatic carbocycles. The minimum absolute atomic E-state index is 0.775. The molecule has 0 bridgehead atoms. The Morgan fingerprint density at radius 2 is 2.29 bits per heavy atom. The van der Waals surface area contributed by atoms with Crippen molar-refractivity contribution >= 4 is 0 Å². The lowest BCUT2D eigenvalue weighted by atomic mass is 10.0. The van der Waals surface area contributed by atoms with Crippen LogP contribution in [-0.4, -0.2) is 24.5 Å². The van der Waals surface area contributed by atoms with Crippen LogP contribution in [0.4, 0.5) is 0 Å². The highest BCUT2D eigenvalue weighted by Gasteiger charge is 2.20. The van der Waals surface area contributed by atoms with E-state index in [9.17, 15) is 0 Å². The molecule has 1 unspecified atom stereocenters. The normalized spacial score (nSPS) is 22.9. The van der Waals surface area contributed by atoms with Crippen molar-refractivity contribution in [1.29, 1.82) is 0 Å². The van der Waals surface area contributed by atoms with Crippen molar-refractivity contribution in [3.8, 4) is 0 Å². The van der Waals surface area contributed by atoms with Crippen LogP contribution in [0.1, 0.15) is 24.0 Å². The van der Waals surface area contributed by atoms with Gasteiger partial charge < -0.3 is 4.90 Å². The first-order valence-corrected chi connectivity index (χ1v) is 5.51. The standard InChI is InChI=1S/C13H19N/c1-11-5-3-6-12(9-11)10-13-7-4-8-14(13)2/h3,5-6,9,13H,4,7-8,10H2,1-2H3. The van der Waals surface area contributed by atoms with Crippen molar-refractivity contribution in [2.75, 3.05) is 13.6 Å². The first kappa shape index (κ1) is 9.72. The predicted molar refractivity (Wildman–Crippen MR) is 60.5 cm³/mol. The Balaban J connectivity index is 2.03. The lowest BCUT2D eigenvalue weighted by Gasteiger charge is -2.19. The minimum Gasteiger partial charge on any atom is -0.303 e. The van der Waals surface area contributed by atoms with Crippen LogP contribution < -0.4 is 0 Å². The third kappa shape index (κ3) is 2.16. The van der Waals surface area contributed by atoms with Crippen molar-refractivity contribution < 1.29 is 0 Å². The Hall–Kier alpha value is -0.820. The van der Waals surface area contributed by atoms with Gasteiger partial charge in [-0.3, -0.25) is 0 Å². The van der Waals surface area contributed by atoms with Gasteiger partial charge in [0.1, 0.15) is 0 Å². The van der Waals surface area contributed by atoms with Gasteiger partial charge in [-0.25, -0.2) is 0 Å². The maximum absolute atomic E-state index is 2.49. The molecule has 0 N–H and O–H groups in total. The molecule has 0 aromatic heterocycles. The lowest BCUT2D eigenvalue weighted by molar-refractivity contribution is 0.309. The molecule has 1 heteroatoms. The van der Waals surface area contributed by atoms with Crippen molar-refractivity contribution in [3.63, 3.8) is 0 Å². The minimum atomic E-state index is 0.775. The van der Waals surface area contributed by atoms with Crippen LogP contribution in [0, 0.1) is 6.92 Å². The lowest BCUT2D eigenvalue weighted by Crippen LogP contribution is -2.26. The molecule has 1 atom stereocenters. The van der Waals surface area contributed by atoms with E-state index in [1.807, 2.05) is 0 Å². The van der Waals surface area contributed by atoms with Crippen LogP contribution in [-0.2, 0) is 6.42 Å². The van der Waals surface area contributed by atoms with Crippen molar-refractivity contribution in [2.24, 2.45) is 0 Å². The molecular formula is C13H19N. The average molecular weight is 189 g/mol. The van der Waals surface area contributed by atoms with E-state index in [0.29, 0.717) is 0 Å². The molecule has 1 fully saturated rings. The maximum atomic E-state index is 2.49. The summed E-state index contributed by atoms with van der Waals surface area (Å²) in [5.74, 6) is 0. The van der Waals surface area contributed by atoms with Gasteiger partial charge in [0.15, 0.2) is 0 Å². The van der Waals surface area contributed by atoms with E-state index in [4.69, 9.17) is 0 Å². The number of aryl methyl sites for hydroxylation is 1. The summed E-state index contributed by atoms with van der Waals surface area (Å²) in [7, 11) is 2.24. The van der Waals surface area contributed by atoms with E-state index >= 15 is 0 Å². The van der Waals surface area contributed by atoms with Crippen molar-refractivity contribution in [1.82, 2.24) is 4.90 Å². The van der Waals surface area contributed by atoms with E-state index < -0.39 is 0 Å². The maximum Gasteiger partial charge on any atom is 0.0133 e. The zero-order chi connectivity index (χ0) is 9.97. The van der Waals surface area contributed by atoms with Crippen LogP contribution >= 0.6 is 0 Å². The Labute approximate surface area is 86.7 Å². The fraction of sp³-hybridized carbons (Fsp3) is 0.538. The van der Waals surface area contributed by atoms with Crippen molar-refractivity contribution in [3.05, 3.63) is 35.4 Å². The molecule has 1 aromatic rings. The molecule has 2 rings (SSSR count). The summed E-state index contributed by atoms with van der Waals surface area (Å²) in [6, 6.07) is 9.67. The smallest absolute Gasteiger partial charge is 0.0133 e. The summed E-state index contributed by atoms with van der Waals surface area (Å²) < 4.78 is 0. The van der Waals surface area contributed by atoms with Crippen LogP contribution in [0.25, 0.3) is 0 Å². The summed E-state index contributed by atoms with van der Waals surface area (Å²) in [5.41, 5.74) is 2.87.